The largest absolute Gasteiger partial charge is 0.506 e. The highest BCUT2D eigenvalue weighted by atomic mass is 35.5. The summed E-state index contributed by atoms with van der Waals surface area (Å²) >= 11 is 5.90. The average molecular weight is 409 g/mol. The molecule has 144 valence electrons. The van der Waals surface area contributed by atoms with Gasteiger partial charge in [0.15, 0.2) is 0 Å². The number of nitrogens with zero attached hydrogens (tertiary/aromatic N) is 1. The minimum Gasteiger partial charge on any atom is -0.506 e. The molecule has 0 bridgehead atoms. The minimum absolute atomic E-state index is 0.0930. The molecule has 0 spiro atoms. The van der Waals surface area contributed by atoms with Gasteiger partial charge in [0.25, 0.3) is 5.91 Å². The van der Waals surface area contributed by atoms with E-state index in [0.29, 0.717) is 23.7 Å². The Labute approximate surface area is 163 Å². The molecule has 0 saturated carbocycles. The van der Waals surface area contributed by atoms with Gasteiger partial charge in [0.1, 0.15) is 5.75 Å². The quantitative estimate of drug-likeness (QED) is 0.753. The summed E-state index contributed by atoms with van der Waals surface area (Å²) in [5, 5.41) is 12.8. The highest BCUT2D eigenvalue weighted by Gasteiger charge is 2.27. The number of aromatic hydroxyl groups is 1. The van der Waals surface area contributed by atoms with E-state index in [-0.39, 0.29) is 21.9 Å². The maximum absolute atomic E-state index is 12.9. The Kier molecular flexibility index (Phi) is 5.74. The van der Waals surface area contributed by atoms with Gasteiger partial charge in [-0.25, -0.2) is 8.42 Å². The smallest absolute Gasteiger partial charge is 0.256 e. The molecule has 0 radical (unpaired) electrons. The van der Waals surface area contributed by atoms with Crippen molar-refractivity contribution in [2.45, 2.75) is 31.1 Å². The van der Waals surface area contributed by atoms with E-state index in [2.05, 4.69) is 5.32 Å². The van der Waals surface area contributed by atoms with Gasteiger partial charge in [-0.3, -0.25) is 4.79 Å². The number of hydrogen-bond donors (Lipinski definition) is 2. The van der Waals surface area contributed by atoms with E-state index in [1.54, 1.807) is 13.0 Å². The Morgan fingerprint density at radius 3 is 2.52 bits per heavy atom. The molecule has 0 unspecified atom stereocenters. The van der Waals surface area contributed by atoms with Crippen molar-refractivity contribution in [3.63, 3.8) is 0 Å². The first kappa shape index (κ1) is 19.7. The van der Waals surface area contributed by atoms with Crippen LogP contribution in [0.3, 0.4) is 0 Å². The van der Waals surface area contributed by atoms with E-state index in [4.69, 9.17) is 11.6 Å². The van der Waals surface area contributed by atoms with Crippen molar-refractivity contribution in [3.8, 4) is 5.75 Å². The van der Waals surface area contributed by atoms with Gasteiger partial charge in [-0.15, -0.1) is 0 Å². The summed E-state index contributed by atoms with van der Waals surface area (Å²) in [5.74, 6) is -0.636. The van der Waals surface area contributed by atoms with Gasteiger partial charge in [0.05, 0.1) is 10.6 Å². The van der Waals surface area contributed by atoms with Gasteiger partial charge in [0.2, 0.25) is 10.0 Å². The molecule has 0 aliphatic carbocycles. The predicted octanol–water partition coefficient (Wildman–Crippen LogP) is 3.78. The number of phenolic OH excluding ortho intramolecular Hbond substituents is 1. The fraction of sp³-hybridized carbons (Fsp3) is 0.316. The molecule has 1 amide bonds. The van der Waals surface area contributed by atoms with E-state index in [9.17, 15) is 18.3 Å². The van der Waals surface area contributed by atoms with Crippen LogP contribution in [0.1, 0.15) is 35.2 Å². The first-order valence-electron chi connectivity index (χ1n) is 8.70. The van der Waals surface area contributed by atoms with Crippen molar-refractivity contribution in [2.75, 3.05) is 18.4 Å². The summed E-state index contributed by atoms with van der Waals surface area (Å²) in [6, 6.07) is 8.83. The van der Waals surface area contributed by atoms with Gasteiger partial charge in [-0.1, -0.05) is 24.1 Å². The zero-order valence-corrected chi connectivity index (χ0v) is 16.5. The summed E-state index contributed by atoms with van der Waals surface area (Å²) in [5.41, 5.74) is 1.02. The molecule has 0 atom stereocenters. The lowest BCUT2D eigenvalue weighted by Gasteiger charge is -2.26. The molecule has 3 rings (SSSR count). The zero-order valence-electron chi connectivity index (χ0n) is 14.9. The van der Waals surface area contributed by atoms with Crippen LogP contribution in [0.15, 0.2) is 41.3 Å². The topological polar surface area (TPSA) is 86.7 Å². The number of anilines is 1. The van der Waals surface area contributed by atoms with Crippen molar-refractivity contribution in [1.29, 1.82) is 0 Å². The second kappa shape index (κ2) is 7.88. The number of sulfonamides is 1. The monoisotopic (exact) mass is 408 g/mol. The molecule has 2 aromatic rings. The first-order chi connectivity index (χ1) is 12.8. The third-order valence-electron chi connectivity index (χ3n) is 4.61. The van der Waals surface area contributed by atoms with Crippen molar-refractivity contribution in [2.24, 2.45) is 0 Å². The van der Waals surface area contributed by atoms with Crippen molar-refractivity contribution in [1.82, 2.24) is 4.31 Å². The highest BCUT2D eigenvalue weighted by Crippen LogP contribution is 2.28. The number of piperidine rings is 1. The predicted molar refractivity (Wildman–Crippen MR) is 105 cm³/mol. The average Bonchev–Trinajstić information content (AvgIpc) is 2.65. The number of carbonyl (C=O) groups excluding carboxylic acids is 1. The number of amides is 1. The molecule has 6 nitrogen and oxygen atoms in total. The summed E-state index contributed by atoms with van der Waals surface area (Å²) in [6.07, 6.45) is 2.70. The lowest BCUT2D eigenvalue weighted by Crippen LogP contribution is -2.35. The SMILES string of the molecule is Cc1ccc(S(=O)(=O)N2CCCCC2)cc1C(=O)Nc1cc(Cl)ccc1O. The molecular weight excluding hydrogens is 388 g/mol. The van der Waals surface area contributed by atoms with E-state index in [1.807, 2.05) is 0 Å². The van der Waals surface area contributed by atoms with Gasteiger partial charge >= 0.3 is 0 Å². The second-order valence-corrected chi connectivity index (χ2v) is 8.93. The van der Waals surface area contributed by atoms with Crippen LogP contribution in [0.2, 0.25) is 5.02 Å². The second-order valence-electron chi connectivity index (χ2n) is 6.56. The number of rotatable bonds is 4. The fourth-order valence-electron chi connectivity index (χ4n) is 3.06. The number of benzene rings is 2. The maximum atomic E-state index is 12.9. The number of phenols is 1. The number of halogens is 1. The Hall–Kier alpha value is -2.09. The number of hydrogen-bond acceptors (Lipinski definition) is 4. The van der Waals surface area contributed by atoms with Crippen molar-refractivity contribution in [3.05, 3.63) is 52.5 Å². The highest BCUT2D eigenvalue weighted by molar-refractivity contribution is 7.89. The normalized spacial score (nSPS) is 15.5. The van der Waals surface area contributed by atoms with Gasteiger partial charge in [-0.05, 0) is 55.7 Å². The van der Waals surface area contributed by atoms with E-state index in [1.165, 1.54) is 34.6 Å². The lowest BCUT2D eigenvalue weighted by molar-refractivity contribution is 0.102. The molecular formula is C19H21ClN2O4S. The van der Waals surface area contributed by atoms with Crippen LogP contribution < -0.4 is 5.32 Å². The van der Waals surface area contributed by atoms with Crippen LogP contribution in [-0.4, -0.2) is 36.8 Å². The number of carbonyl (C=O) groups is 1. The molecule has 1 aliphatic heterocycles. The Morgan fingerprint density at radius 2 is 1.81 bits per heavy atom. The molecule has 0 aromatic heterocycles. The van der Waals surface area contributed by atoms with Crippen LogP contribution in [0.5, 0.6) is 5.75 Å². The Bertz CT molecular complexity index is 970. The molecule has 1 heterocycles. The third-order valence-corrected chi connectivity index (χ3v) is 6.74. The molecule has 1 fully saturated rings. The summed E-state index contributed by atoms with van der Waals surface area (Å²) in [7, 11) is -3.64. The van der Waals surface area contributed by atoms with Crippen LogP contribution in [0, 0.1) is 6.92 Å². The van der Waals surface area contributed by atoms with Crippen molar-refractivity contribution >= 4 is 33.2 Å². The van der Waals surface area contributed by atoms with Gasteiger partial charge in [0, 0.05) is 23.7 Å². The lowest BCUT2D eigenvalue weighted by atomic mass is 10.1. The maximum Gasteiger partial charge on any atom is 0.256 e. The molecule has 8 heteroatoms. The molecule has 1 aliphatic rings. The Morgan fingerprint density at radius 1 is 1.11 bits per heavy atom. The Balaban J connectivity index is 1.91. The molecule has 2 N–H and O–H groups in total. The van der Waals surface area contributed by atoms with Crippen LogP contribution in [0.25, 0.3) is 0 Å². The number of nitrogens with one attached hydrogen (secondary N) is 1. The van der Waals surface area contributed by atoms with Crippen LogP contribution in [0.4, 0.5) is 5.69 Å². The minimum atomic E-state index is -3.64. The van der Waals surface area contributed by atoms with E-state index < -0.39 is 15.9 Å². The summed E-state index contributed by atoms with van der Waals surface area (Å²) < 4.78 is 27.2. The fourth-order valence-corrected chi connectivity index (χ4v) is 4.77. The zero-order chi connectivity index (χ0) is 19.6. The van der Waals surface area contributed by atoms with Crippen LogP contribution in [-0.2, 0) is 10.0 Å². The molecule has 2 aromatic carbocycles. The summed E-state index contributed by atoms with van der Waals surface area (Å²) in [6.45, 7) is 2.71. The van der Waals surface area contributed by atoms with Crippen molar-refractivity contribution < 1.29 is 18.3 Å². The van der Waals surface area contributed by atoms with Crippen LogP contribution >= 0.6 is 11.6 Å². The first-order valence-corrected chi connectivity index (χ1v) is 10.5. The standard InChI is InChI=1S/C19H21ClN2O4S/c1-13-5-7-15(27(25,26)22-9-3-2-4-10-22)12-16(13)19(24)21-17-11-14(20)6-8-18(17)23/h5-8,11-12,23H,2-4,9-10H2,1H3,(H,21,24). The number of aryl methyl sites for hydroxylation is 1. The third kappa shape index (κ3) is 4.26. The van der Waals surface area contributed by atoms with Gasteiger partial charge < -0.3 is 10.4 Å². The molecule has 27 heavy (non-hydrogen) atoms. The molecule has 1 saturated heterocycles. The summed E-state index contributed by atoms with van der Waals surface area (Å²) in [4.78, 5) is 12.8. The van der Waals surface area contributed by atoms with E-state index >= 15 is 0 Å². The van der Waals surface area contributed by atoms with Gasteiger partial charge in [-0.2, -0.15) is 4.31 Å². The van der Waals surface area contributed by atoms with E-state index in [0.717, 1.165) is 19.3 Å².